The molecule has 2 aromatic rings. The number of carbonyl (C=O) groups excluding carboxylic acids is 2. The quantitative estimate of drug-likeness (QED) is 0.607. The lowest BCUT2D eigenvalue weighted by Gasteiger charge is -2.09. The van der Waals surface area contributed by atoms with Crippen molar-refractivity contribution in [1.29, 1.82) is 0 Å². The first-order chi connectivity index (χ1) is 10.6. The van der Waals surface area contributed by atoms with Gasteiger partial charge in [0, 0.05) is 11.1 Å². The van der Waals surface area contributed by atoms with E-state index in [0.29, 0.717) is 16.9 Å². The van der Waals surface area contributed by atoms with Gasteiger partial charge in [-0.15, -0.1) is 0 Å². The molecule has 114 valence electrons. The number of carbonyl (C=O) groups is 2. The second-order valence-electron chi connectivity index (χ2n) is 5.05. The van der Waals surface area contributed by atoms with Crippen molar-refractivity contribution in [2.75, 3.05) is 6.61 Å². The predicted octanol–water partition coefficient (Wildman–Crippen LogP) is 3.25. The van der Waals surface area contributed by atoms with E-state index in [0.717, 1.165) is 0 Å². The summed E-state index contributed by atoms with van der Waals surface area (Å²) < 4.78 is 10.3. The van der Waals surface area contributed by atoms with Gasteiger partial charge in [0.05, 0.1) is 6.10 Å². The SMILES string of the molecule is CC(C)OC(=O)COc1ccc(C(=O)c2ccccc2)cc1. The molecular weight excluding hydrogens is 280 g/mol. The fourth-order valence-corrected chi connectivity index (χ4v) is 1.90. The molecular formula is C18H18O4. The van der Waals surface area contributed by atoms with Crippen molar-refractivity contribution in [3.8, 4) is 5.75 Å². The molecule has 4 nitrogen and oxygen atoms in total. The molecule has 0 radical (unpaired) electrons. The van der Waals surface area contributed by atoms with Crippen LogP contribution in [0, 0.1) is 0 Å². The van der Waals surface area contributed by atoms with Crippen molar-refractivity contribution in [1.82, 2.24) is 0 Å². The first-order valence-electron chi connectivity index (χ1n) is 7.08. The molecule has 0 saturated heterocycles. The minimum absolute atomic E-state index is 0.0497. The number of ether oxygens (including phenoxy) is 2. The molecule has 0 aliphatic heterocycles. The van der Waals surface area contributed by atoms with Crippen molar-refractivity contribution in [3.05, 3.63) is 65.7 Å². The minimum atomic E-state index is -0.417. The van der Waals surface area contributed by atoms with Crippen LogP contribution >= 0.6 is 0 Å². The van der Waals surface area contributed by atoms with Crippen molar-refractivity contribution in [2.45, 2.75) is 20.0 Å². The lowest BCUT2D eigenvalue weighted by molar-refractivity contribution is -0.149. The van der Waals surface area contributed by atoms with Gasteiger partial charge in [-0.25, -0.2) is 4.79 Å². The molecule has 2 rings (SSSR count). The summed E-state index contributed by atoms with van der Waals surface area (Å²) in [5.41, 5.74) is 1.21. The van der Waals surface area contributed by atoms with Gasteiger partial charge in [0.15, 0.2) is 12.4 Å². The predicted molar refractivity (Wildman–Crippen MR) is 83.0 cm³/mol. The third-order valence-corrected chi connectivity index (χ3v) is 2.88. The Morgan fingerprint density at radius 2 is 1.50 bits per heavy atom. The minimum Gasteiger partial charge on any atom is -0.482 e. The summed E-state index contributed by atoms with van der Waals surface area (Å²) in [6, 6.07) is 15.7. The topological polar surface area (TPSA) is 52.6 Å². The highest BCUT2D eigenvalue weighted by atomic mass is 16.6. The van der Waals surface area contributed by atoms with Crippen LogP contribution in [0.5, 0.6) is 5.75 Å². The third kappa shape index (κ3) is 4.45. The van der Waals surface area contributed by atoms with E-state index in [9.17, 15) is 9.59 Å². The van der Waals surface area contributed by atoms with Gasteiger partial charge in [-0.05, 0) is 38.1 Å². The molecule has 0 amide bonds. The van der Waals surface area contributed by atoms with Crippen LogP contribution in [0.1, 0.15) is 29.8 Å². The van der Waals surface area contributed by atoms with Crippen LogP contribution in [0.25, 0.3) is 0 Å². The largest absolute Gasteiger partial charge is 0.482 e. The van der Waals surface area contributed by atoms with E-state index in [1.165, 1.54) is 0 Å². The number of hydrogen-bond acceptors (Lipinski definition) is 4. The van der Waals surface area contributed by atoms with Crippen molar-refractivity contribution < 1.29 is 19.1 Å². The molecule has 0 aromatic heterocycles. The molecule has 0 saturated carbocycles. The number of hydrogen-bond donors (Lipinski definition) is 0. The Morgan fingerprint density at radius 3 is 2.09 bits per heavy atom. The van der Waals surface area contributed by atoms with Gasteiger partial charge >= 0.3 is 5.97 Å². The van der Waals surface area contributed by atoms with E-state index in [-0.39, 0.29) is 18.5 Å². The first-order valence-corrected chi connectivity index (χ1v) is 7.08. The molecule has 0 fully saturated rings. The summed E-state index contributed by atoms with van der Waals surface area (Å²) >= 11 is 0. The summed E-state index contributed by atoms with van der Waals surface area (Å²) in [5, 5.41) is 0. The van der Waals surface area contributed by atoms with E-state index in [2.05, 4.69) is 0 Å². The molecule has 0 aliphatic carbocycles. The molecule has 0 aliphatic rings. The van der Waals surface area contributed by atoms with Gasteiger partial charge in [-0.1, -0.05) is 30.3 Å². The van der Waals surface area contributed by atoms with Crippen LogP contribution in [0.4, 0.5) is 0 Å². The van der Waals surface area contributed by atoms with Crippen LogP contribution in [-0.2, 0) is 9.53 Å². The van der Waals surface area contributed by atoms with E-state index in [4.69, 9.17) is 9.47 Å². The molecule has 0 unspecified atom stereocenters. The standard InChI is InChI=1S/C18H18O4/c1-13(2)22-17(19)12-21-16-10-8-15(9-11-16)18(20)14-6-4-3-5-7-14/h3-11,13H,12H2,1-2H3. The zero-order valence-corrected chi connectivity index (χ0v) is 12.6. The van der Waals surface area contributed by atoms with E-state index < -0.39 is 5.97 Å². The molecule has 2 aromatic carbocycles. The highest BCUT2D eigenvalue weighted by Crippen LogP contribution is 2.15. The number of esters is 1. The Bertz CT molecular complexity index is 630. The van der Waals surface area contributed by atoms with Gasteiger partial charge in [-0.3, -0.25) is 4.79 Å². The monoisotopic (exact) mass is 298 g/mol. The summed E-state index contributed by atoms with van der Waals surface area (Å²) in [5.74, 6) is 0.0520. The molecule has 0 spiro atoms. The Kier molecular flexibility index (Phi) is 5.31. The smallest absolute Gasteiger partial charge is 0.344 e. The second-order valence-corrected chi connectivity index (χ2v) is 5.05. The van der Waals surface area contributed by atoms with Crippen molar-refractivity contribution in [2.24, 2.45) is 0 Å². The Morgan fingerprint density at radius 1 is 0.909 bits per heavy atom. The molecule has 0 N–H and O–H groups in total. The molecule has 22 heavy (non-hydrogen) atoms. The van der Waals surface area contributed by atoms with Crippen LogP contribution in [0.3, 0.4) is 0 Å². The average Bonchev–Trinajstić information content (AvgIpc) is 2.53. The maximum Gasteiger partial charge on any atom is 0.344 e. The fourth-order valence-electron chi connectivity index (χ4n) is 1.90. The zero-order chi connectivity index (χ0) is 15.9. The summed E-state index contributed by atoms with van der Waals surface area (Å²) in [6.45, 7) is 3.41. The van der Waals surface area contributed by atoms with Crippen molar-refractivity contribution in [3.63, 3.8) is 0 Å². The zero-order valence-electron chi connectivity index (χ0n) is 12.6. The number of benzene rings is 2. The van der Waals surface area contributed by atoms with Crippen molar-refractivity contribution >= 4 is 11.8 Å². The Balaban J connectivity index is 1.96. The molecule has 0 atom stereocenters. The van der Waals surface area contributed by atoms with Gasteiger partial charge in [0.1, 0.15) is 5.75 Å². The number of rotatable bonds is 6. The molecule has 4 heteroatoms. The van der Waals surface area contributed by atoms with Crippen LogP contribution < -0.4 is 4.74 Å². The summed E-state index contributed by atoms with van der Waals surface area (Å²) in [6.07, 6.45) is -0.165. The van der Waals surface area contributed by atoms with Gasteiger partial charge in [0.25, 0.3) is 0 Å². The Hall–Kier alpha value is -2.62. The first kappa shape index (κ1) is 15.8. The lowest BCUT2D eigenvalue weighted by atomic mass is 10.0. The molecule has 0 bridgehead atoms. The highest BCUT2D eigenvalue weighted by molar-refractivity contribution is 6.08. The van der Waals surface area contributed by atoms with Crippen LogP contribution in [-0.4, -0.2) is 24.5 Å². The maximum absolute atomic E-state index is 12.2. The van der Waals surface area contributed by atoms with E-state index >= 15 is 0 Å². The average molecular weight is 298 g/mol. The highest BCUT2D eigenvalue weighted by Gasteiger charge is 2.09. The Labute approximate surface area is 129 Å². The summed E-state index contributed by atoms with van der Waals surface area (Å²) in [7, 11) is 0. The van der Waals surface area contributed by atoms with Gasteiger partial charge in [0.2, 0.25) is 0 Å². The summed E-state index contributed by atoms with van der Waals surface area (Å²) in [4.78, 5) is 23.6. The second kappa shape index (κ2) is 7.41. The van der Waals surface area contributed by atoms with E-state index in [1.807, 2.05) is 18.2 Å². The van der Waals surface area contributed by atoms with Gasteiger partial charge in [-0.2, -0.15) is 0 Å². The van der Waals surface area contributed by atoms with Gasteiger partial charge < -0.3 is 9.47 Å². The normalized spacial score (nSPS) is 10.3. The molecule has 0 heterocycles. The van der Waals surface area contributed by atoms with E-state index in [1.54, 1.807) is 50.2 Å². The lowest BCUT2D eigenvalue weighted by Crippen LogP contribution is -2.18. The fraction of sp³-hybridized carbons (Fsp3) is 0.222. The third-order valence-electron chi connectivity index (χ3n) is 2.88. The number of ketones is 1. The maximum atomic E-state index is 12.2. The van der Waals surface area contributed by atoms with Crippen LogP contribution in [0.2, 0.25) is 0 Å². The van der Waals surface area contributed by atoms with Crippen LogP contribution in [0.15, 0.2) is 54.6 Å².